The van der Waals surface area contributed by atoms with E-state index < -0.39 is 16.1 Å². The third-order valence-electron chi connectivity index (χ3n) is 6.22. The SMILES string of the molecule is CC[C@H](C(=O)NC(C)C)N(Cc1ccccc1C)C(=O)CCCN(c1ccc2c(c1)OCO2)S(C)(=O)=O. The minimum Gasteiger partial charge on any atom is -0.454 e. The van der Waals surface area contributed by atoms with Crippen LogP contribution in [0.1, 0.15) is 51.2 Å². The number of amides is 2. The third-order valence-corrected chi connectivity index (χ3v) is 7.41. The molecular formula is C27H37N3O6S. The van der Waals surface area contributed by atoms with E-state index in [1.807, 2.05) is 52.0 Å². The maximum Gasteiger partial charge on any atom is 0.243 e. The van der Waals surface area contributed by atoms with Crippen LogP contribution < -0.4 is 19.1 Å². The van der Waals surface area contributed by atoms with Crippen LogP contribution in [0.5, 0.6) is 11.5 Å². The predicted octanol–water partition coefficient (Wildman–Crippen LogP) is 3.60. The molecule has 202 valence electrons. The standard InChI is InChI=1S/C27H37N3O6S/c1-6-23(27(32)28-19(2)3)29(17-21-11-8-7-10-20(21)4)26(31)12-9-15-30(37(5,33)34)22-13-14-24-25(16-22)36-18-35-24/h7-8,10-11,13-14,16,19,23H,6,9,12,15,17-18H2,1-5H3,(H,28,32)/t23-/m1/s1. The Hall–Kier alpha value is -3.27. The van der Waals surface area contributed by atoms with Crippen LogP contribution in [0, 0.1) is 6.92 Å². The van der Waals surface area contributed by atoms with Crippen molar-refractivity contribution >= 4 is 27.5 Å². The maximum absolute atomic E-state index is 13.5. The lowest BCUT2D eigenvalue weighted by Gasteiger charge is -2.32. The van der Waals surface area contributed by atoms with Crippen LogP contribution >= 0.6 is 0 Å². The molecule has 0 bridgehead atoms. The topological polar surface area (TPSA) is 105 Å². The number of anilines is 1. The highest BCUT2D eigenvalue weighted by Crippen LogP contribution is 2.36. The summed E-state index contributed by atoms with van der Waals surface area (Å²) in [6, 6.07) is 12.0. The lowest BCUT2D eigenvalue weighted by atomic mass is 10.0. The first-order valence-electron chi connectivity index (χ1n) is 12.5. The summed E-state index contributed by atoms with van der Waals surface area (Å²) in [5, 5.41) is 2.92. The highest BCUT2D eigenvalue weighted by Gasteiger charge is 2.29. The molecule has 2 amide bonds. The number of nitrogens with one attached hydrogen (secondary N) is 1. The molecule has 1 aliphatic heterocycles. The molecule has 10 heteroatoms. The summed E-state index contributed by atoms with van der Waals surface area (Å²) in [7, 11) is -3.61. The molecule has 0 aliphatic carbocycles. The zero-order valence-electron chi connectivity index (χ0n) is 22.2. The second-order valence-corrected chi connectivity index (χ2v) is 11.4. The van der Waals surface area contributed by atoms with Gasteiger partial charge in [0.1, 0.15) is 6.04 Å². The molecule has 0 saturated heterocycles. The molecule has 1 atom stereocenters. The lowest BCUT2D eigenvalue weighted by molar-refractivity contribution is -0.141. The van der Waals surface area contributed by atoms with Crippen molar-refractivity contribution in [3.05, 3.63) is 53.6 Å². The molecule has 0 aromatic heterocycles. The minimum atomic E-state index is -3.61. The van der Waals surface area contributed by atoms with E-state index in [-0.39, 0.29) is 44.0 Å². The van der Waals surface area contributed by atoms with Crippen molar-refractivity contribution in [3.8, 4) is 11.5 Å². The highest BCUT2D eigenvalue weighted by molar-refractivity contribution is 7.92. The van der Waals surface area contributed by atoms with E-state index >= 15 is 0 Å². The molecule has 2 aromatic carbocycles. The number of ether oxygens (including phenoxy) is 2. The number of aryl methyl sites for hydroxylation is 1. The second-order valence-electron chi connectivity index (χ2n) is 9.51. The third kappa shape index (κ3) is 7.38. The molecule has 1 N–H and O–H groups in total. The monoisotopic (exact) mass is 531 g/mol. The van der Waals surface area contributed by atoms with Gasteiger partial charge in [0.25, 0.3) is 0 Å². The average molecular weight is 532 g/mol. The molecule has 0 unspecified atom stereocenters. The number of sulfonamides is 1. The summed E-state index contributed by atoms with van der Waals surface area (Å²) in [6.07, 6.45) is 1.97. The highest BCUT2D eigenvalue weighted by atomic mass is 32.2. The van der Waals surface area contributed by atoms with Gasteiger partial charge in [-0.2, -0.15) is 0 Å². The van der Waals surface area contributed by atoms with Crippen LogP contribution in [0.15, 0.2) is 42.5 Å². The Morgan fingerprint density at radius 3 is 2.43 bits per heavy atom. The molecule has 0 saturated carbocycles. The largest absolute Gasteiger partial charge is 0.454 e. The molecule has 2 aromatic rings. The van der Waals surface area contributed by atoms with E-state index in [1.54, 1.807) is 23.1 Å². The summed E-state index contributed by atoms with van der Waals surface area (Å²) in [4.78, 5) is 28.1. The minimum absolute atomic E-state index is 0.0537. The van der Waals surface area contributed by atoms with Crippen LogP contribution in [0.25, 0.3) is 0 Å². The average Bonchev–Trinajstić information content (AvgIpc) is 3.29. The number of nitrogens with zero attached hydrogens (tertiary/aromatic N) is 2. The summed E-state index contributed by atoms with van der Waals surface area (Å²) in [5.41, 5.74) is 2.44. The van der Waals surface area contributed by atoms with Gasteiger partial charge in [-0.05, 0) is 56.9 Å². The van der Waals surface area contributed by atoms with Gasteiger partial charge in [0.2, 0.25) is 28.6 Å². The molecule has 37 heavy (non-hydrogen) atoms. The molecule has 1 aliphatic rings. The number of carbonyl (C=O) groups is 2. The van der Waals surface area contributed by atoms with E-state index in [9.17, 15) is 18.0 Å². The van der Waals surface area contributed by atoms with Crippen molar-refractivity contribution in [1.29, 1.82) is 0 Å². The predicted molar refractivity (Wildman–Crippen MR) is 143 cm³/mol. The van der Waals surface area contributed by atoms with Crippen molar-refractivity contribution in [2.24, 2.45) is 0 Å². The quantitative estimate of drug-likeness (QED) is 0.449. The van der Waals surface area contributed by atoms with Gasteiger partial charge in [0.15, 0.2) is 11.5 Å². The van der Waals surface area contributed by atoms with Gasteiger partial charge in [-0.3, -0.25) is 13.9 Å². The molecular weight excluding hydrogens is 494 g/mol. The lowest BCUT2D eigenvalue weighted by Crippen LogP contribution is -2.50. The van der Waals surface area contributed by atoms with Crippen LogP contribution in [-0.2, 0) is 26.2 Å². The van der Waals surface area contributed by atoms with Crippen molar-refractivity contribution in [2.45, 2.75) is 65.6 Å². The van der Waals surface area contributed by atoms with Crippen LogP contribution in [-0.4, -0.2) is 56.8 Å². The number of carbonyl (C=O) groups excluding carboxylic acids is 2. The fourth-order valence-electron chi connectivity index (χ4n) is 4.32. The fraction of sp³-hybridized carbons (Fsp3) is 0.481. The van der Waals surface area contributed by atoms with E-state index in [0.29, 0.717) is 30.2 Å². The van der Waals surface area contributed by atoms with Gasteiger partial charge >= 0.3 is 0 Å². The van der Waals surface area contributed by atoms with Crippen LogP contribution in [0.3, 0.4) is 0 Å². The van der Waals surface area contributed by atoms with Gasteiger partial charge < -0.3 is 19.7 Å². The number of hydrogen-bond donors (Lipinski definition) is 1. The molecule has 0 spiro atoms. The number of benzene rings is 2. The normalized spacial score (nSPS) is 13.4. The van der Waals surface area contributed by atoms with Crippen molar-refractivity contribution < 1.29 is 27.5 Å². The van der Waals surface area contributed by atoms with E-state index in [0.717, 1.165) is 17.4 Å². The molecule has 9 nitrogen and oxygen atoms in total. The van der Waals surface area contributed by atoms with E-state index in [4.69, 9.17) is 9.47 Å². The van der Waals surface area contributed by atoms with Crippen LogP contribution in [0.4, 0.5) is 5.69 Å². The Labute approximate surface area is 219 Å². The number of hydrogen-bond acceptors (Lipinski definition) is 6. The second kappa shape index (κ2) is 12.3. The summed E-state index contributed by atoms with van der Waals surface area (Å²) in [5.74, 6) is 0.642. The Bertz CT molecular complexity index is 1210. The first-order valence-corrected chi connectivity index (χ1v) is 14.4. The van der Waals surface area contributed by atoms with Crippen molar-refractivity contribution in [1.82, 2.24) is 10.2 Å². The van der Waals surface area contributed by atoms with Gasteiger partial charge in [0, 0.05) is 31.6 Å². The molecule has 3 rings (SSSR count). The number of rotatable bonds is 12. The Morgan fingerprint density at radius 1 is 1.08 bits per heavy atom. The first kappa shape index (κ1) is 28.3. The Morgan fingerprint density at radius 2 is 1.78 bits per heavy atom. The van der Waals surface area contributed by atoms with Gasteiger partial charge in [0.05, 0.1) is 11.9 Å². The first-order chi connectivity index (χ1) is 17.5. The molecule has 0 radical (unpaired) electrons. The smallest absolute Gasteiger partial charge is 0.243 e. The molecule has 1 heterocycles. The summed E-state index contributed by atoms with van der Waals surface area (Å²) >= 11 is 0. The van der Waals surface area contributed by atoms with Crippen molar-refractivity contribution in [3.63, 3.8) is 0 Å². The van der Waals surface area contributed by atoms with Gasteiger partial charge in [-0.15, -0.1) is 0 Å². The Kier molecular flexibility index (Phi) is 9.42. The van der Waals surface area contributed by atoms with E-state index in [2.05, 4.69) is 5.32 Å². The van der Waals surface area contributed by atoms with E-state index in [1.165, 1.54) is 4.31 Å². The molecule has 0 fully saturated rings. The summed E-state index contributed by atoms with van der Waals surface area (Å²) in [6.45, 7) is 8.12. The fourth-order valence-corrected chi connectivity index (χ4v) is 5.27. The zero-order chi connectivity index (χ0) is 27.2. The summed E-state index contributed by atoms with van der Waals surface area (Å²) < 4.78 is 37.1. The van der Waals surface area contributed by atoms with Gasteiger partial charge in [-0.1, -0.05) is 31.2 Å². The van der Waals surface area contributed by atoms with Crippen LogP contribution in [0.2, 0.25) is 0 Å². The zero-order valence-corrected chi connectivity index (χ0v) is 23.0. The van der Waals surface area contributed by atoms with Crippen molar-refractivity contribution in [2.75, 3.05) is 23.9 Å². The van der Waals surface area contributed by atoms with Gasteiger partial charge in [-0.25, -0.2) is 8.42 Å². The Balaban J connectivity index is 1.77. The number of fused-ring (bicyclic) bond motifs is 1. The maximum atomic E-state index is 13.5.